The summed E-state index contributed by atoms with van der Waals surface area (Å²) in [6, 6.07) is 7.42. The highest BCUT2D eigenvalue weighted by atomic mass is 16.5. The number of nitrogens with one attached hydrogen (secondary N) is 2. The first-order chi connectivity index (χ1) is 8.13. The van der Waals surface area contributed by atoms with Crippen molar-refractivity contribution in [2.24, 2.45) is 0 Å². The van der Waals surface area contributed by atoms with E-state index in [1.807, 2.05) is 38.2 Å². The van der Waals surface area contributed by atoms with Gasteiger partial charge in [-0.15, -0.1) is 0 Å². The standard InChI is InChI=1S/C13H18N2O2/c1-13(7-8-17-9-13)15-12(16)10-3-5-11(14-2)6-4-10/h3-6,14H,7-9H2,1-2H3,(H,15,16). The average Bonchev–Trinajstić information content (AvgIpc) is 2.76. The zero-order valence-electron chi connectivity index (χ0n) is 10.2. The molecule has 1 heterocycles. The van der Waals surface area contributed by atoms with Crippen molar-refractivity contribution < 1.29 is 9.53 Å². The lowest BCUT2D eigenvalue weighted by Gasteiger charge is -2.23. The molecule has 2 rings (SSSR count). The van der Waals surface area contributed by atoms with Gasteiger partial charge in [-0.2, -0.15) is 0 Å². The molecule has 1 saturated heterocycles. The van der Waals surface area contributed by atoms with Crippen molar-refractivity contribution in [3.05, 3.63) is 29.8 Å². The summed E-state index contributed by atoms with van der Waals surface area (Å²) in [7, 11) is 1.85. The van der Waals surface area contributed by atoms with E-state index in [2.05, 4.69) is 10.6 Å². The van der Waals surface area contributed by atoms with Crippen molar-refractivity contribution in [1.29, 1.82) is 0 Å². The Morgan fingerprint density at radius 2 is 2.06 bits per heavy atom. The summed E-state index contributed by atoms with van der Waals surface area (Å²) in [5.74, 6) is -0.0411. The molecule has 0 radical (unpaired) electrons. The predicted molar refractivity (Wildman–Crippen MR) is 67.3 cm³/mol. The fourth-order valence-electron chi connectivity index (χ4n) is 1.90. The van der Waals surface area contributed by atoms with Crippen LogP contribution in [0.3, 0.4) is 0 Å². The van der Waals surface area contributed by atoms with Gasteiger partial charge >= 0.3 is 0 Å². The molecule has 1 atom stereocenters. The van der Waals surface area contributed by atoms with Gasteiger partial charge in [0.15, 0.2) is 0 Å². The minimum absolute atomic E-state index is 0.0411. The third-order valence-corrected chi connectivity index (χ3v) is 3.07. The highest BCUT2D eigenvalue weighted by Crippen LogP contribution is 2.18. The zero-order chi connectivity index (χ0) is 12.3. The van der Waals surface area contributed by atoms with Crippen LogP contribution in [0.1, 0.15) is 23.7 Å². The second-order valence-corrected chi connectivity index (χ2v) is 4.64. The van der Waals surface area contributed by atoms with Crippen molar-refractivity contribution in [2.75, 3.05) is 25.6 Å². The van der Waals surface area contributed by atoms with Crippen molar-refractivity contribution in [3.8, 4) is 0 Å². The Hall–Kier alpha value is -1.55. The van der Waals surface area contributed by atoms with Gasteiger partial charge in [-0.1, -0.05) is 0 Å². The van der Waals surface area contributed by atoms with Crippen LogP contribution in [0.15, 0.2) is 24.3 Å². The number of rotatable bonds is 3. The summed E-state index contributed by atoms with van der Waals surface area (Å²) in [5, 5.41) is 6.05. The first-order valence-corrected chi connectivity index (χ1v) is 5.81. The molecule has 2 N–H and O–H groups in total. The normalized spacial score (nSPS) is 23.4. The summed E-state index contributed by atoms with van der Waals surface area (Å²) >= 11 is 0. The molecule has 1 aromatic rings. The Bertz CT molecular complexity index is 394. The molecule has 17 heavy (non-hydrogen) atoms. The predicted octanol–water partition coefficient (Wildman–Crippen LogP) is 1.64. The van der Waals surface area contributed by atoms with Crippen LogP contribution >= 0.6 is 0 Å². The molecule has 4 heteroatoms. The molecule has 1 aliphatic rings. The van der Waals surface area contributed by atoms with E-state index in [-0.39, 0.29) is 11.4 Å². The number of hydrogen-bond donors (Lipinski definition) is 2. The second kappa shape index (κ2) is 4.75. The van der Waals surface area contributed by atoms with Crippen molar-refractivity contribution in [2.45, 2.75) is 18.9 Å². The molecule has 0 aliphatic carbocycles. The number of benzene rings is 1. The van der Waals surface area contributed by atoms with E-state index in [0.717, 1.165) is 18.7 Å². The molecule has 0 saturated carbocycles. The van der Waals surface area contributed by atoms with Crippen LogP contribution in [-0.4, -0.2) is 31.7 Å². The van der Waals surface area contributed by atoms with Gasteiger partial charge in [-0.3, -0.25) is 4.79 Å². The second-order valence-electron chi connectivity index (χ2n) is 4.64. The van der Waals surface area contributed by atoms with Crippen LogP contribution in [0.2, 0.25) is 0 Å². The third kappa shape index (κ3) is 2.77. The first kappa shape index (κ1) is 11.9. The van der Waals surface area contributed by atoms with Crippen molar-refractivity contribution >= 4 is 11.6 Å². The Labute approximate surface area is 101 Å². The Morgan fingerprint density at radius 1 is 1.35 bits per heavy atom. The molecule has 1 aromatic carbocycles. The fraction of sp³-hybridized carbons (Fsp3) is 0.462. The van der Waals surface area contributed by atoms with Crippen LogP contribution in [-0.2, 0) is 4.74 Å². The number of amides is 1. The number of carbonyl (C=O) groups is 1. The highest BCUT2D eigenvalue weighted by molar-refractivity contribution is 5.95. The minimum atomic E-state index is -0.223. The highest BCUT2D eigenvalue weighted by Gasteiger charge is 2.31. The molecule has 0 aromatic heterocycles. The first-order valence-electron chi connectivity index (χ1n) is 5.81. The summed E-state index contributed by atoms with van der Waals surface area (Å²) in [6.07, 6.45) is 0.868. The van der Waals surface area contributed by atoms with Crippen LogP contribution in [0, 0.1) is 0 Å². The van der Waals surface area contributed by atoms with E-state index < -0.39 is 0 Å². The Balaban J connectivity index is 2.03. The van der Waals surface area contributed by atoms with Gasteiger partial charge in [0.05, 0.1) is 12.1 Å². The Kier molecular flexibility index (Phi) is 3.33. The molecule has 1 aliphatic heterocycles. The number of hydrogen-bond acceptors (Lipinski definition) is 3. The van der Waals surface area contributed by atoms with Gasteiger partial charge in [0.2, 0.25) is 0 Å². The van der Waals surface area contributed by atoms with Crippen LogP contribution in [0.25, 0.3) is 0 Å². The lowest BCUT2D eigenvalue weighted by Crippen LogP contribution is -2.46. The summed E-state index contributed by atoms with van der Waals surface area (Å²) in [4.78, 5) is 12.0. The van der Waals surface area contributed by atoms with E-state index in [0.29, 0.717) is 12.2 Å². The molecule has 4 nitrogen and oxygen atoms in total. The van der Waals surface area contributed by atoms with Gasteiger partial charge in [-0.05, 0) is 37.6 Å². The van der Waals surface area contributed by atoms with Crippen LogP contribution < -0.4 is 10.6 Å². The van der Waals surface area contributed by atoms with Gasteiger partial charge in [0, 0.05) is 24.9 Å². The molecular weight excluding hydrogens is 216 g/mol. The van der Waals surface area contributed by atoms with E-state index in [9.17, 15) is 4.79 Å². The summed E-state index contributed by atoms with van der Waals surface area (Å²) in [6.45, 7) is 3.32. The van der Waals surface area contributed by atoms with E-state index in [1.54, 1.807) is 0 Å². The fourth-order valence-corrected chi connectivity index (χ4v) is 1.90. The molecular formula is C13H18N2O2. The molecule has 1 fully saturated rings. The number of carbonyl (C=O) groups excluding carboxylic acids is 1. The van der Waals surface area contributed by atoms with Crippen LogP contribution in [0.4, 0.5) is 5.69 Å². The maximum Gasteiger partial charge on any atom is 0.251 e. The van der Waals surface area contributed by atoms with Gasteiger partial charge in [0.1, 0.15) is 0 Å². The van der Waals surface area contributed by atoms with Gasteiger partial charge in [-0.25, -0.2) is 0 Å². The van der Waals surface area contributed by atoms with E-state index >= 15 is 0 Å². The van der Waals surface area contributed by atoms with Gasteiger partial charge < -0.3 is 15.4 Å². The quantitative estimate of drug-likeness (QED) is 0.836. The smallest absolute Gasteiger partial charge is 0.251 e. The zero-order valence-corrected chi connectivity index (χ0v) is 10.2. The van der Waals surface area contributed by atoms with Crippen molar-refractivity contribution in [1.82, 2.24) is 5.32 Å². The summed E-state index contributed by atoms with van der Waals surface area (Å²) in [5.41, 5.74) is 1.45. The van der Waals surface area contributed by atoms with Crippen LogP contribution in [0.5, 0.6) is 0 Å². The van der Waals surface area contributed by atoms with E-state index in [1.165, 1.54) is 0 Å². The SMILES string of the molecule is CNc1ccc(C(=O)NC2(C)CCOC2)cc1. The van der Waals surface area contributed by atoms with E-state index in [4.69, 9.17) is 4.74 Å². The molecule has 92 valence electrons. The maximum absolute atomic E-state index is 12.0. The largest absolute Gasteiger partial charge is 0.388 e. The molecule has 1 amide bonds. The molecule has 0 spiro atoms. The number of anilines is 1. The lowest BCUT2D eigenvalue weighted by molar-refractivity contribution is 0.0890. The average molecular weight is 234 g/mol. The molecule has 1 unspecified atom stereocenters. The maximum atomic E-state index is 12.0. The monoisotopic (exact) mass is 234 g/mol. The van der Waals surface area contributed by atoms with Crippen molar-refractivity contribution in [3.63, 3.8) is 0 Å². The minimum Gasteiger partial charge on any atom is -0.388 e. The van der Waals surface area contributed by atoms with Gasteiger partial charge in [0.25, 0.3) is 5.91 Å². The number of ether oxygens (including phenoxy) is 1. The third-order valence-electron chi connectivity index (χ3n) is 3.07. The summed E-state index contributed by atoms with van der Waals surface area (Å²) < 4.78 is 5.31. The molecule has 0 bridgehead atoms. The topological polar surface area (TPSA) is 50.4 Å². The lowest BCUT2D eigenvalue weighted by atomic mass is 10.0. The Morgan fingerprint density at radius 3 is 2.59 bits per heavy atom.